The second-order valence-electron chi connectivity index (χ2n) is 6.83. The van der Waals surface area contributed by atoms with Crippen molar-refractivity contribution in [1.29, 1.82) is 0 Å². The smallest absolute Gasteiger partial charge is 0.170 e. The highest BCUT2D eigenvalue weighted by Gasteiger charge is 2.07. The zero-order chi connectivity index (χ0) is 18.4. The summed E-state index contributed by atoms with van der Waals surface area (Å²) in [4.78, 5) is 0. The first kappa shape index (κ1) is 25.1. The molecular formula is C22H45O2P. The molecule has 0 saturated heterocycles. The molecule has 25 heavy (non-hydrogen) atoms. The fraction of sp³-hybridized carbons (Fsp3) is 0.909. The third kappa shape index (κ3) is 20.3. The third-order valence-electron chi connectivity index (χ3n) is 4.40. The molecule has 0 bridgehead atoms. The van der Waals surface area contributed by atoms with Gasteiger partial charge in [0.2, 0.25) is 0 Å². The number of hydrogen-bond acceptors (Lipinski definition) is 2. The van der Waals surface area contributed by atoms with E-state index in [0.29, 0.717) is 0 Å². The van der Waals surface area contributed by atoms with Gasteiger partial charge in [-0.15, -0.1) is 0 Å². The molecule has 0 aliphatic heterocycles. The lowest BCUT2D eigenvalue weighted by molar-refractivity contribution is 0.268. The molecule has 0 aliphatic carbocycles. The van der Waals surface area contributed by atoms with Gasteiger partial charge < -0.3 is 9.05 Å². The van der Waals surface area contributed by atoms with Gasteiger partial charge in [0.05, 0.1) is 13.2 Å². The number of hydrogen-bond donors (Lipinski definition) is 0. The summed E-state index contributed by atoms with van der Waals surface area (Å²) in [6, 6.07) is 0. The molecule has 0 radical (unpaired) electrons. The molecule has 0 fully saturated rings. The van der Waals surface area contributed by atoms with Gasteiger partial charge >= 0.3 is 0 Å². The Hall–Kier alpha value is 0.0900. The van der Waals surface area contributed by atoms with E-state index in [-0.39, 0.29) is 0 Å². The minimum atomic E-state index is -0.613. The molecule has 0 spiro atoms. The first-order valence-electron chi connectivity index (χ1n) is 11.0. The molecule has 2 nitrogen and oxygen atoms in total. The van der Waals surface area contributed by atoms with Crippen LogP contribution >= 0.6 is 8.38 Å². The number of allylic oxidation sites excluding steroid dienone is 2. The lowest BCUT2D eigenvalue weighted by atomic mass is 10.1. The van der Waals surface area contributed by atoms with E-state index in [2.05, 4.69) is 32.9 Å². The Morgan fingerprint density at radius 2 is 1.00 bits per heavy atom. The van der Waals surface area contributed by atoms with E-state index in [1.165, 1.54) is 89.9 Å². The largest absolute Gasteiger partial charge is 0.334 e. The molecule has 3 heteroatoms. The lowest BCUT2D eigenvalue weighted by Crippen LogP contribution is -1.95. The van der Waals surface area contributed by atoms with E-state index in [9.17, 15) is 0 Å². The van der Waals surface area contributed by atoms with Crippen LogP contribution in [0.4, 0.5) is 0 Å². The van der Waals surface area contributed by atoms with Crippen LogP contribution in [0.1, 0.15) is 111 Å². The Labute approximate surface area is 160 Å². The highest BCUT2D eigenvalue weighted by Crippen LogP contribution is 2.39. The molecule has 0 aromatic heterocycles. The van der Waals surface area contributed by atoms with Crippen molar-refractivity contribution < 1.29 is 9.05 Å². The molecule has 0 unspecified atom stereocenters. The molecule has 0 aliphatic rings. The summed E-state index contributed by atoms with van der Waals surface area (Å²) in [7, 11) is -0.613. The SMILES string of the molecule is CCCCCCCC/C=C\CCCCCCCCP(OCC)OCC. The van der Waals surface area contributed by atoms with Crippen molar-refractivity contribution in [3.05, 3.63) is 12.2 Å². The summed E-state index contributed by atoms with van der Waals surface area (Å²) in [6.07, 6.45) is 25.0. The maximum Gasteiger partial charge on any atom is 0.170 e. The first-order valence-corrected chi connectivity index (χ1v) is 12.4. The summed E-state index contributed by atoms with van der Waals surface area (Å²) in [5.41, 5.74) is 0. The van der Waals surface area contributed by atoms with Crippen LogP contribution in [0.3, 0.4) is 0 Å². The van der Waals surface area contributed by atoms with Crippen molar-refractivity contribution in [2.45, 2.75) is 111 Å². The van der Waals surface area contributed by atoms with Crippen LogP contribution in [0, 0.1) is 0 Å². The van der Waals surface area contributed by atoms with Crippen LogP contribution in [0.5, 0.6) is 0 Å². The van der Waals surface area contributed by atoms with E-state index in [4.69, 9.17) is 9.05 Å². The fourth-order valence-corrected chi connectivity index (χ4v) is 4.33. The maximum atomic E-state index is 5.64. The summed E-state index contributed by atoms with van der Waals surface area (Å²) in [5, 5.41) is 0. The zero-order valence-corrected chi connectivity index (χ0v) is 18.3. The fourth-order valence-electron chi connectivity index (χ4n) is 2.94. The lowest BCUT2D eigenvalue weighted by Gasteiger charge is -2.15. The first-order chi connectivity index (χ1) is 12.3. The van der Waals surface area contributed by atoms with Gasteiger partial charge in [0.15, 0.2) is 8.38 Å². The Morgan fingerprint density at radius 3 is 1.48 bits per heavy atom. The Bertz CT molecular complexity index is 263. The monoisotopic (exact) mass is 372 g/mol. The quantitative estimate of drug-likeness (QED) is 0.121. The summed E-state index contributed by atoms with van der Waals surface area (Å²) in [6.45, 7) is 7.94. The van der Waals surface area contributed by atoms with Crippen LogP contribution in [0.2, 0.25) is 0 Å². The summed E-state index contributed by atoms with van der Waals surface area (Å²) in [5.74, 6) is 0. The predicted octanol–water partition coefficient (Wildman–Crippen LogP) is 8.41. The van der Waals surface area contributed by atoms with Gasteiger partial charge in [-0.05, 0) is 46.0 Å². The van der Waals surface area contributed by atoms with Gasteiger partial charge in [-0.3, -0.25) is 0 Å². The van der Waals surface area contributed by atoms with Crippen molar-refractivity contribution in [3.63, 3.8) is 0 Å². The summed E-state index contributed by atoms with van der Waals surface area (Å²) < 4.78 is 11.3. The van der Waals surface area contributed by atoms with Crippen molar-refractivity contribution >= 4 is 8.38 Å². The van der Waals surface area contributed by atoms with Crippen molar-refractivity contribution in [2.24, 2.45) is 0 Å². The topological polar surface area (TPSA) is 18.5 Å². The van der Waals surface area contributed by atoms with Crippen LogP contribution < -0.4 is 0 Å². The molecule has 0 aromatic carbocycles. The molecule has 0 heterocycles. The van der Waals surface area contributed by atoms with E-state index in [0.717, 1.165) is 19.4 Å². The van der Waals surface area contributed by atoms with E-state index >= 15 is 0 Å². The number of rotatable bonds is 20. The highest BCUT2D eigenvalue weighted by atomic mass is 31.2. The molecule has 0 atom stereocenters. The second kappa shape index (κ2) is 22.1. The average Bonchev–Trinajstić information content (AvgIpc) is 2.61. The second-order valence-corrected chi connectivity index (χ2v) is 8.46. The van der Waals surface area contributed by atoms with Gasteiger partial charge in [-0.2, -0.15) is 0 Å². The van der Waals surface area contributed by atoms with Gasteiger partial charge in [0.1, 0.15) is 0 Å². The van der Waals surface area contributed by atoms with Crippen LogP contribution in [0.25, 0.3) is 0 Å². The van der Waals surface area contributed by atoms with Crippen molar-refractivity contribution in [3.8, 4) is 0 Å². The highest BCUT2D eigenvalue weighted by molar-refractivity contribution is 7.47. The molecular weight excluding hydrogens is 327 g/mol. The van der Waals surface area contributed by atoms with E-state index in [1.54, 1.807) is 0 Å². The van der Waals surface area contributed by atoms with Crippen LogP contribution in [-0.2, 0) is 9.05 Å². The molecule has 0 rings (SSSR count). The Balaban J connectivity index is 3.23. The van der Waals surface area contributed by atoms with Gasteiger partial charge in [-0.25, -0.2) is 0 Å². The Morgan fingerprint density at radius 1 is 0.560 bits per heavy atom. The number of unbranched alkanes of at least 4 members (excludes halogenated alkanes) is 12. The van der Waals surface area contributed by atoms with E-state index in [1.807, 2.05) is 0 Å². The normalized spacial score (nSPS) is 11.8. The van der Waals surface area contributed by atoms with Crippen LogP contribution in [0.15, 0.2) is 12.2 Å². The average molecular weight is 373 g/mol. The van der Waals surface area contributed by atoms with Gasteiger partial charge in [0.25, 0.3) is 0 Å². The molecule has 0 N–H and O–H groups in total. The molecule has 150 valence electrons. The minimum absolute atomic E-state index is 0.613. The van der Waals surface area contributed by atoms with Crippen molar-refractivity contribution in [1.82, 2.24) is 0 Å². The molecule has 0 saturated carbocycles. The minimum Gasteiger partial charge on any atom is -0.334 e. The Kier molecular flexibility index (Phi) is 22.2. The van der Waals surface area contributed by atoms with Crippen molar-refractivity contribution in [2.75, 3.05) is 19.4 Å². The maximum absolute atomic E-state index is 5.64. The predicted molar refractivity (Wildman–Crippen MR) is 114 cm³/mol. The van der Waals surface area contributed by atoms with Gasteiger partial charge in [0, 0.05) is 6.16 Å². The molecule has 0 aromatic rings. The summed E-state index contributed by atoms with van der Waals surface area (Å²) >= 11 is 0. The van der Waals surface area contributed by atoms with Gasteiger partial charge in [-0.1, -0.05) is 76.9 Å². The zero-order valence-electron chi connectivity index (χ0n) is 17.4. The van der Waals surface area contributed by atoms with E-state index < -0.39 is 8.38 Å². The molecule has 0 amide bonds. The van der Waals surface area contributed by atoms with Crippen LogP contribution in [-0.4, -0.2) is 19.4 Å². The standard InChI is InChI=1S/C22H45O2P/c1-4-7-8-9-10-11-12-13-14-15-16-17-18-19-20-21-22-25(23-5-2)24-6-3/h13-14H,4-12,15-22H2,1-3H3/b14-13-. The third-order valence-corrected chi connectivity index (χ3v) is 6.17.